The minimum atomic E-state index is -3.85. The molecule has 0 aliphatic rings. The van der Waals surface area contributed by atoms with E-state index in [-0.39, 0.29) is 10.8 Å². The molecular formula is C19H21N3O3S. The Hall–Kier alpha value is -2.64. The zero-order valence-corrected chi connectivity index (χ0v) is 15.7. The lowest BCUT2D eigenvalue weighted by Gasteiger charge is -2.09. The van der Waals surface area contributed by atoms with E-state index in [0.29, 0.717) is 17.7 Å². The number of hydrogen-bond acceptors (Lipinski definition) is 3. The molecule has 1 heterocycles. The van der Waals surface area contributed by atoms with Crippen LogP contribution in [0.1, 0.15) is 32.7 Å². The van der Waals surface area contributed by atoms with E-state index in [9.17, 15) is 13.2 Å². The molecule has 0 unspecified atom stereocenters. The summed E-state index contributed by atoms with van der Waals surface area (Å²) in [5.41, 5.74) is 5.32. The lowest BCUT2D eigenvalue weighted by atomic mass is 10.1. The molecule has 0 aliphatic heterocycles. The lowest BCUT2D eigenvalue weighted by molar-refractivity contribution is 0.0950. The third-order valence-electron chi connectivity index (χ3n) is 4.61. The number of carbonyl (C=O) groups excluding carboxylic acids is 1. The number of H-pyrrole nitrogens is 1. The quantitative estimate of drug-likeness (QED) is 0.656. The third-order valence-corrected chi connectivity index (χ3v) is 5.52. The first-order valence-electron chi connectivity index (χ1n) is 8.16. The topological polar surface area (TPSA) is 105 Å². The van der Waals surface area contributed by atoms with Gasteiger partial charge in [-0.2, -0.15) is 0 Å². The Morgan fingerprint density at radius 2 is 1.85 bits per heavy atom. The summed E-state index contributed by atoms with van der Waals surface area (Å²) in [6.45, 7) is 6.17. The maximum absolute atomic E-state index is 12.5. The molecule has 0 fully saturated rings. The van der Waals surface area contributed by atoms with E-state index in [1.807, 2.05) is 25.1 Å². The molecule has 136 valence electrons. The van der Waals surface area contributed by atoms with Gasteiger partial charge >= 0.3 is 0 Å². The zero-order valence-electron chi connectivity index (χ0n) is 14.9. The van der Waals surface area contributed by atoms with Crippen molar-refractivity contribution in [2.24, 2.45) is 5.14 Å². The van der Waals surface area contributed by atoms with Gasteiger partial charge in [-0.3, -0.25) is 4.79 Å². The predicted octanol–water partition coefficient (Wildman–Crippen LogP) is 2.67. The van der Waals surface area contributed by atoms with Gasteiger partial charge in [-0.05, 0) is 61.7 Å². The Labute approximate surface area is 152 Å². The second kappa shape index (κ2) is 6.59. The summed E-state index contributed by atoms with van der Waals surface area (Å²) in [6.07, 6.45) is 0. The molecule has 3 aromatic rings. The van der Waals surface area contributed by atoms with Gasteiger partial charge in [0.25, 0.3) is 5.91 Å². The van der Waals surface area contributed by atoms with E-state index in [4.69, 9.17) is 5.14 Å². The molecule has 4 N–H and O–H groups in total. The molecule has 0 spiro atoms. The first kappa shape index (κ1) is 18.2. The summed E-state index contributed by atoms with van der Waals surface area (Å²) in [5, 5.41) is 9.11. The first-order valence-corrected chi connectivity index (χ1v) is 9.71. The van der Waals surface area contributed by atoms with Crippen molar-refractivity contribution in [3.05, 3.63) is 64.3 Å². The molecule has 1 aromatic heterocycles. The van der Waals surface area contributed by atoms with Crippen molar-refractivity contribution < 1.29 is 13.2 Å². The van der Waals surface area contributed by atoms with Crippen LogP contribution in [0, 0.1) is 20.8 Å². The summed E-state index contributed by atoms with van der Waals surface area (Å²) in [7, 11) is -3.85. The van der Waals surface area contributed by atoms with Crippen LogP contribution >= 0.6 is 0 Å². The van der Waals surface area contributed by atoms with Crippen LogP contribution in [0.15, 0.2) is 41.3 Å². The smallest absolute Gasteiger partial charge is 0.251 e. The summed E-state index contributed by atoms with van der Waals surface area (Å²) >= 11 is 0. The minimum absolute atomic E-state index is 0.0758. The van der Waals surface area contributed by atoms with E-state index in [1.165, 1.54) is 17.7 Å². The monoisotopic (exact) mass is 371 g/mol. The number of fused-ring (bicyclic) bond motifs is 1. The number of rotatable bonds is 4. The van der Waals surface area contributed by atoms with Gasteiger partial charge in [-0.15, -0.1) is 0 Å². The Morgan fingerprint density at radius 3 is 2.54 bits per heavy atom. The fourth-order valence-electron chi connectivity index (χ4n) is 2.92. The fourth-order valence-corrected chi connectivity index (χ4v) is 3.46. The first-order chi connectivity index (χ1) is 12.2. The van der Waals surface area contributed by atoms with Crippen LogP contribution in [-0.4, -0.2) is 19.3 Å². The Bertz CT molecular complexity index is 1110. The minimum Gasteiger partial charge on any atom is -0.358 e. The second-order valence-electron chi connectivity index (χ2n) is 6.46. The molecule has 0 saturated heterocycles. The van der Waals surface area contributed by atoms with Gasteiger partial charge in [-0.1, -0.05) is 12.1 Å². The van der Waals surface area contributed by atoms with Gasteiger partial charge in [0.05, 0.1) is 4.90 Å². The number of aromatic amines is 1. The molecule has 7 heteroatoms. The Kier molecular flexibility index (Phi) is 4.60. The highest BCUT2D eigenvalue weighted by molar-refractivity contribution is 7.89. The number of carbonyl (C=O) groups is 1. The van der Waals surface area contributed by atoms with Crippen molar-refractivity contribution in [1.29, 1.82) is 0 Å². The average Bonchev–Trinajstić information content (AvgIpc) is 2.86. The molecule has 6 nitrogen and oxygen atoms in total. The molecule has 1 amide bonds. The van der Waals surface area contributed by atoms with Crippen LogP contribution in [0.2, 0.25) is 0 Å². The van der Waals surface area contributed by atoms with Gasteiger partial charge in [0.2, 0.25) is 10.0 Å². The molecule has 0 saturated carbocycles. The van der Waals surface area contributed by atoms with Crippen molar-refractivity contribution in [3.8, 4) is 0 Å². The number of amides is 1. The van der Waals surface area contributed by atoms with Crippen molar-refractivity contribution in [2.45, 2.75) is 32.2 Å². The van der Waals surface area contributed by atoms with E-state index < -0.39 is 10.0 Å². The Morgan fingerprint density at radius 1 is 1.12 bits per heavy atom. The maximum Gasteiger partial charge on any atom is 0.251 e. The van der Waals surface area contributed by atoms with Crippen LogP contribution in [0.4, 0.5) is 0 Å². The highest BCUT2D eigenvalue weighted by Gasteiger charge is 2.15. The number of benzene rings is 2. The Balaban J connectivity index is 1.82. The number of aryl methyl sites for hydroxylation is 3. The van der Waals surface area contributed by atoms with Gasteiger partial charge in [0.15, 0.2) is 0 Å². The van der Waals surface area contributed by atoms with Crippen LogP contribution in [0.5, 0.6) is 0 Å². The summed E-state index contributed by atoms with van der Waals surface area (Å²) in [6, 6.07) is 10.3. The lowest BCUT2D eigenvalue weighted by Crippen LogP contribution is -2.24. The number of nitrogens with two attached hydrogens (primary N) is 1. The summed E-state index contributed by atoms with van der Waals surface area (Å²) in [5.74, 6) is -0.338. The number of aromatic nitrogens is 1. The summed E-state index contributed by atoms with van der Waals surface area (Å²) in [4.78, 5) is 15.7. The van der Waals surface area contributed by atoms with Crippen LogP contribution in [-0.2, 0) is 16.6 Å². The van der Waals surface area contributed by atoms with Crippen molar-refractivity contribution in [1.82, 2.24) is 10.3 Å². The molecule has 26 heavy (non-hydrogen) atoms. The molecule has 0 bridgehead atoms. The van der Waals surface area contributed by atoms with E-state index in [0.717, 1.165) is 22.2 Å². The standard InChI is InChI=1S/C19H21N3O3S/c1-11-4-6-15(26(20,24)25)9-16(11)19(23)21-10-14-5-7-18-17(8-14)12(2)13(3)22-18/h4-9,22H,10H2,1-3H3,(H,21,23)(H2,20,24,25). The molecule has 0 atom stereocenters. The predicted molar refractivity (Wildman–Crippen MR) is 101 cm³/mol. The van der Waals surface area contributed by atoms with Crippen molar-refractivity contribution in [3.63, 3.8) is 0 Å². The zero-order chi connectivity index (χ0) is 19.1. The van der Waals surface area contributed by atoms with E-state index in [1.54, 1.807) is 13.0 Å². The molecule has 0 aliphatic carbocycles. The molecular weight excluding hydrogens is 350 g/mol. The van der Waals surface area contributed by atoms with Gasteiger partial charge in [0, 0.05) is 28.7 Å². The normalized spacial score (nSPS) is 11.7. The van der Waals surface area contributed by atoms with Crippen LogP contribution < -0.4 is 10.5 Å². The third kappa shape index (κ3) is 3.49. The number of hydrogen-bond donors (Lipinski definition) is 3. The summed E-state index contributed by atoms with van der Waals surface area (Å²) < 4.78 is 23.0. The highest BCUT2D eigenvalue weighted by Crippen LogP contribution is 2.22. The van der Waals surface area contributed by atoms with Gasteiger partial charge in [0.1, 0.15) is 0 Å². The molecule has 0 radical (unpaired) electrons. The van der Waals surface area contributed by atoms with Gasteiger partial charge in [-0.25, -0.2) is 13.6 Å². The SMILES string of the molecule is Cc1ccc(S(N)(=O)=O)cc1C(=O)NCc1ccc2[nH]c(C)c(C)c2c1. The maximum atomic E-state index is 12.5. The van der Waals surface area contributed by atoms with Crippen molar-refractivity contribution >= 4 is 26.8 Å². The highest BCUT2D eigenvalue weighted by atomic mass is 32.2. The van der Waals surface area contributed by atoms with Crippen LogP contribution in [0.25, 0.3) is 10.9 Å². The van der Waals surface area contributed by atoms with Crippen molar-refractivity contribution in [2.75, 3.05) is 0 Å². The number of sulfonamides is 1. The van der Waals surface area contributed by atoms with Gasteiger partial charge < -0.3 is 10.3 Å². The number of primary sulfonamides is 1. The van der Waals surface area contributed by atoms with Crippen LogP contribution in [0.3, 0.4) is 0 Å². The largest absolute Gasteiger partial charge is 0.358 e. The number of nitrogens with one attached hydrogen (secondary N) is 2. The fraction of sp³-hybridized carbons (Fsp3) is 0.211. The average molecular weight is 371 g/mol. The second-order valence-corrected chi connectivity index (χ2v) is 8.02. The van der Waals surface area contributed by atoms with E-state index >= 15 is 0 Å². The van der Waals surface area contributed by atoms with E-state index in [2.05, 4.69) is 17.2 Å². The molecule has 2 aromatic carbocycles. The molecule has 3 rings (SSSR count).